The molecule has 136 valence electrons. The van der Waals surface area contributed by atoms with Gasteiger partial charge >= 0.3 is 5.56 Å². The minimum atomic E-state index is -0.399. The first-order chi connectivity index (χ1) is 13.2. The fourth-order valence-electron chi connectivity index (χ4n) is 3.15. The topological polar surface area (TPSA) is 61.1 Å². The van der Waals surface area contributed by atoms with Crippen molar-refractivity contribution >= 4 is 22.5 Å². The van der Waals surface area contributed by atoms with Crippen LogP contribution < -0.4 is 15.6 Å². The zero-order valence-corrected chi connectivity index (χ0v) is 15.2. The summed E-state index contributed by atoms with van der Waals surface area (Å²) in [5.41, 5.74) is 2.70. The summed E-state index contributed by atoms with van der Waals surface area (Å²) in [6, 6.07) is 18.1. The Kier molecular flexibility index (Phi) is 4.38. The highest BCUT2D eigenvalue weighted by Crippen LogP contribution is 2.26. The Morgan fingerprint density at radius 1 is 1.07 bits per heavy atom. The van der Waals surface area contributed by atoms with Crippen LogP contribution in [0.2, 0.25) is 0 Å². The molecule has 0 saturated carbocycles. The van der Waals surface area contributed by atoms with E-state index in [0.717, 1.165) is 22.2 Å². The number of fused-ring (bicyclic) bond motifs is 1. The first kappa shape index (κ1) is 16.9. The summed E-state index contributed by atoms with van der Waals surface area (Å²) >= 11 is 0. The number of anilines is 2. The lowest BCUT2D eigenvalue weighted by molar-refractivity contribution is 0.402. The summed E-state index contributed by atoms with van der Waals surface area (Å²) in [5, 5.41) is 4.39. The number of ether oxygens (including phenoxy) is 1. The van der Waals surface area contributed by atoms with Crippen LogP contribution in [-0.2, 0) is 13.6 Å². The zero-order valence-electron chi connectivity index (χ0n) is 15.2. The van der Waals surface area contributed by atoms with E-state index in [1.807, 2.05) is 66.3 Å². The molecule has 0 spiro atoms. The van der Waals surface area contributed by atoms with Crippen molar-refractivity contribution < 1.29 is 4.74 Å². The van der Waals surface area contributed by atoms with Gasteiger partial charge in [-0.05, 0) is 23.8 Å². The molecule has 0 unspecified atom stereocenters. The van der Waals surface area contributed by atoms with Crippen LogP contribution in [0.1, 0.15) is 5.56 Å². The highest BCUT2D eigenvalue weighted by Gasteiger charge is 2.12. The van der Waals surface area contributed by atoms with Crippen LogP contribution >= 0.6 is 0 Å². The molecular weight excluding hydrogens is 340 g/mol. The predicted molar refractivity (Wildman–Crippen MR) is 107 cm³/mol. The summed E-state index contributed by atoms with van der Waals surface area (Å²) in [5.74, 6) is 0.690. The molecule has 0 fully saturated rings. The average molecular weight is 360 g/mol. The van der Waals surface area contributed by atoms with Gasteiger partial charge in [-0.25, -0.2) is 0 Å². The van der Waals surface area contributed by atoms with Gasteiger partial charge in [0.1, 0.15) is 0 Å². The fourth-order valence-corrected chi connectivity index (χ4v) is 3.15. The molecule has 1 N–H and O–H groups in total. The lowest BCUT2D eigenvalue weighted by Gasteiger charge is -2.16. The van der Waals surface area contributed by atoms with Crippen LogP contribution in [0.15, 0.2) is 71.8 Å². The standard InChI is InChI=1S/C21H20N4O2/c1-24-12-11-16-17(9-6-10-18(16)24)22-21-23-20(26)19(27-2)14-25(21)13-15-7-4-3-5-8-15/h3-12,14H,13H2,1-2H3,(H,22,23,26). The average Bonchev–Trinajstić information content (AvgIpc) is 3.07. The van der Waals surface area contributed by atoms with Crippen LogP contribution in [-0.4, -0.2) is 21.2 Å². The van der Waals surface area contributed by atoms with E-state index in [4.69, 9.17) is 4.74 Å². The van der Waals surface area contributed by atoms with Gasteiger partial charge in [-0.2, -0.15) is 4.98 Å². The SMILES string of the molecule is COc1cn(Cc2ccccc2)c(Nc2cccc3c2ccn3C)nc1=O. The summed E-state index contributed by atoms with van der Waals surface area (Å²) in [6.45, 7) is 0.567. The van der Waals surface area contributed by atoms with Crippen molar-refractivity contribution in [3.63, 3.8) is 0 Å². The Labute approximate surface area is 156 Å². The smallest absolute Gasteiger partial charge is 0.316 e. The van der Waals surface area contributed by atoms with Crippen LogP contribution in [0.3, 0.4) is 0 Å². The molecule has 6 nitrogen and oxygen atoms in total. The summed E-state index contributed by atoms with van der Waals surface area (Å²) in [7, 11) is 3.48. The molecule has 0 aliphatic carbocycles. The first-order valence-electron chi connectivity index (χ1n) is 8.66. The number of hydrogen-bond donors (Lipinski definition) is 1. The third kappa shape index (κ3) is 3.29. The highest BCUT2D eigenvalue weighted by molar-refractivity contribution is 5.93. The van der Waals surface area contributed by atoms with E-state index in [2.05, 4.69) is 20.9 Å². The van der Waals surface area contributed by atoms with Gasteiger partial charge in [0.25, 0.3) is 0 Å². The Morgan fingerprint density at radius 2 is 1.89 bits per heavy atom. The molecule has 0 aliphatic rings. The Morgan fingerprint density at radius 3 is 2.67 bits per heavy atom. The largest absolute Gasteiger partial charge is 0.490 e. The molecule has 2 aromatic carbocycles. The van der Waals surface area contributed by atoms with E-state index < -0.39 is 5.56 Å². The number of aromatic nitrogens is 3. The second-order valence-corrected chi connectivity index (χ2v) is 6.34. The van der Waals surface area contributed by atoms with Crippen molar-refractivity contribution in [2.24, 2.45) is 7.05 Å². The number of aryl methyl sites for hydroxylation is 1. The van der Waals surface area contributed by atoms with Crippen molar-refractivity contribution in [3.8, 4) is 5.75 Å². The van der Waals surface area contributed by atoms with E-state index in [1.54, 1.807) is 6.20 Å². The lowest BCUT2D eigenvalue weighted by atomic mass is 10.2. The second kappa shape index (κ2) is 6.99. The first-order valence-corrected chi connectivity index (χ1v) is 8.66. The molecule has 0 saturated heterocycles. The van der Waals surface area contributed by atoms with E-state index >= 15 is 0 Å². The Bertz CT molecular complexity index is 1150. The van der Waals surface area contributed by atoms with Gasteiger partial charge in [0, 0.05) is 24.1 Å². The molecule has 6 heteroatoms. The van der Waals surface area contributed by atoms with Gasteiger partial charge in [0.05, 0.1) is 25.5 Å². The van der Waals surface area contributed by atoms with Gasteiger partial charge in [-0.3, -0.25) is 4.79 Å². The molecule has 2 heterocycles. The van der Waals surface area contributed by atoms with E-state index in [0.29, 0.717) is 12.5 Å². The van der Waals surface area contributed by atoms with Gasteiger partial charge in [0.15, 0.2) is 0 Å². The van der Waals surface area contributed by atoms with Gasteiger partial charge in [0.2, 0.25) is 11.7 Å². The number of hydrogen-bond acceptors (Lipinski definition) is 4. The van der Waals surface area contributed by atoms with Crippen molar-refractivity contribution in [1.82, 2.24) is 14.1 Å². The number of benzene rings is 2. The molecule has 0 amide bonds. The maximum absolute atomic E-state index is 12.2. The van der Waals surface area contributed by atoms with Crippen LogP contribution in [0.5, 0.6) is 5.75 Å². The number of methoxy groups -OCH3 is 1. The minimum absolute atomic E-state index is 0.217. The van der Waals surface area contributed by atoms with E-state index in [-0.39, 0.29) is 5.75 Å². The molecular formula is C21H20N4O2. The zero-order chi connectivity index (χ0) is 18.8. The highest BCUT2D eigenvalue weighted by atomic mass is 16.5. The molecule has 0 atom stereocenters. The molecule has 4 aromatic rings. The van der Waals surface area contributed by atoms with Crippen LogP contribution in [0.4, 0.5) is 11.6 Å². The molecule has 2 aromatic heterocycles. The monoisotopic (exact) mass is 360 g/mol. The molecule has 0 bridgehead atoms. The molecule has 4 rings (SSSR count). The van der Waals surface area contributed by atoms with Crippen LogP contribution in [0, 0.1) is 0 Å². The number of nitrogens with zero attached hydrogens (tertiary/aromatic N) is 3. The fraction of sp³-hybridized carbons (Fsp3) is 0.143. The van der Waals surface area contributed by atoms with Crippen molar-refractivity contribution in [3.05, 3.63) is 82.9 Å². The maximum atomic E-state index is 12.2. The predicted octanol–water partition coefficient (Wildman–Crippen LogP) is 3.54. The van der Waals surface area contributed by atoms with Crippen molar-refractivity contribution in [2.45, 2.75) is 6.54 Å². The molecule has 0 radical (unpaired) electrons. The quantitative estimate of drug-likeness (QED) is 0.591. The third-order valence-electron chi connectivity index (χ3n) is 4.55. The normalized spacial score (nSPS) is 10.9. The summed E-state index contributed by atoms with van der Waals surface area (Å²) in [4.78, 5) is 16.5. The lowest BCUT2D eigenvalue weighted by Crippen LogP contribution is -2.18. The van der Waals surface area contributed by atoms with Gasteiger partial charge < -0.3 is 19.2 Å². The molecule has 27 heavy (non-hydrogen) atoms. The van der Waals surface area contributed by atoms with Crippen molar-refractivity contribution in [1.29, 1.82) is 0 Å². The number of nitrogens with one attached hydrogen (secondary N) is 1. The van der Waals surface area contributed by atoms with E-state index in [9.17, 15) is 4.79 Å². The van der Waals surface area contributed by atoms with Gasteiger partial charge in [-0.15, -0.1) is 0 Å². The third-order valence-corrected chi connectivity index (χ3v) is 4.55. The Hall–Kier alpha value is -3.54. The van der Waals surface area contributed by atoms with Crippen LogP contribution in [0.25, 0.3) is 10.9 Å². The minimum Gasteiger partial charge on any atom is -0.490 e. The van der Waals surface area contributed by atoms with Gasteiger partial charge in [-0.1, -0.05) is 36.4 Å². The summed E-state index contributed by atoms with van der Waals surface area (Å²) < 4.78 is 9.12. The number of rotatable bonds is 5. The Balaban J connectivity index is 1.78. The maximum Gasteiger partial charge on any atom is 0.316 e. The second-order valence-electron chi connectivity index (χ2n) is 6.34. The molecule has 0 aliphatic heterocycles. The summed E-state index contributed by atoms with van der Waals surface area (Å²) in [6.07, 6.45) is 3.70. The van der Waals surface area contributed by atoms with Crippen molar-refractivity contribution in [2.75, 3.05) is 12.4 Å². The van der Waals surface area contributed by atoms with E-state index in [1.165, 1.54) is 7.11 Å².